The predicted molar refractivity (Wildman–Crippen MR) is 91.2 cm³/mol. The van der Waals surface area contributed by atoms with Crippen LogP contribution in [0.4, 0.5) is 4.79 Å². The number of para-hydroxylation sites is 1. The molecule has 0 aromatic heterocycles. The van der Waals surface area contributed by atoms with Crippen LogP contribution in [0.1, 0.15) is 36.0 Å². The first-order chi connectivity index (χ1) is 11.6. The summed E-state index contributed by atoms with van der Waals surface area (Å²) in [4.78, 5) is 38.0. The molecule has 3 rings (SSSR count). The third kappa shape index (κ3) is 3.26. The molecule has 2 atom stereocenters. The van der Waals surface area contributed by atoms with E-state index in [1.807, 2.05) is 0 Å². The van der Waals surface area contributed by atoms with Crippen molar-refractivity contribution < 1.29 is 19.1 Å². The first kappa shape index (κ1) is 16.8. The Hall–Kier alpha value is -2.02. The lowest BCUT2D eigenvalue weighted by Crippen LogP contribution is -2.54. The lowest BCUT2D eigenvalue weighted by molar-refractivity contribution is -0.127. The van der Waals surface area contributed by atoms with Crippen LogP contribution in [0, 0.1) is 0 Å². The molecule has 2 fully saturated rings. The number of nitrogens with zero attached hydrogens (tertiary/aromatic N) is 1. The molecule has 1 aliphatic carbocycles. The average Bonchev–Trinajstić information content (AvgIpc) is 2.94. The third-order valence-electron chi connectivity index (χ3n) is 4.51. The van der Waals surface area contributed by atoms with Crippen molar-refractivity contribution in [3.05, 3.63) is 29.8 Å². The van der Waals surface area contributed by atoms with E-state index in [2.05, 4.69) is 5.32 Å². The normalized spacial score (nSPS) is 24.1. The molecule has 1 saturated carbocycles. The van der Waals surface area contributed by atoms with Crippen molar-refractivity contribution >= 4 is 28.8 Å². The van der Waals surface area contributed by atoms with Gasteiger partial charge >= 0.3 is 0 Å². The maximum atomic E-state index is 12.6. The Morgan fingerprint density at radius 1 is 1.25 bits per heavy atom. The number of methoxy groups -OCH3 is 1. The van der Waals surface area contributed by atoms with Crippen molar-refractivity contribution in [3.63, 3.8) is 0 Å². The molecule has 24 heavy (non-hydrogen) atoms. The zero-order chi connectivity index (χ0) is 17.1. The molecule has 128 valence electrons. The van der Waals surface area contributed by atoms with Crippen molar-refractivity contribution in [1.29, 1.82) is 0 Å². The maximum absolute atomic E-state index is 12.6. The fourth-order valence-corrected chi connectivity index (χ4v) is 4.11. The number of thioether (sulfide) groups is 1. The molecular weight excluding hydrogens is 328 g/mol. The van der Waals surface area contributed by atoms with Crippen LogP contribution >= 0.6 is 11.8 Å². The van der Waals surface area contributed by atoms with Crippen molar-refractivity contribution in [1.82, 2.24) is 10.2 Å². The minimum Gasteiger partial charge on any atom is -0.496 e. The van der Waals surface area contributed by atoms with Crippen LogP contribution in [0.25, 0.3) is 0 Å². The van der Waals surface area contributed by atoms with Gasteiger partial charge in [0.2, 0.25) is 5.91 Å². The van der Waals surface area contributed by atoms with E-state index in [4.69, 9.17) is 4.74 Å². The second-order valence-corrected chi connectivity index (χ2v) is 6.88. The SMILES string of the molecule is COc1ccccc1C(=O)N[C@@H]1CCCC[C@@H]1N1C(=O)CSC1=O. The van der Waals surface area contributed by atoms with Gasteiger partial charge in [-0.05, 0) is 25.0 Å². The second-order valence-electron chi connectivity index (χ2n) is 5.95. The van der Waals surface area contributed by atoms with Crippen LogP contribution in [0.15, 0.2) is 24.3 Å². The Bertz CT molecular complexity index is 648. The highest BCUT2D eigenvalue weighted by molar-refractivity contribution is 8.14. The number of imide groups is 1. The lowest BCUT2D eigenvalue weighted by Gasteiger charge is -2.36. The Labute approximate surface area is 144 Å². The highest BCUT2D eigenvalue weighted by Crippen LogP contribution is 2.30. The summed E-state index contributed by atoms with van der Waals surface area (Å²) in [5.41, 5.74) is 0.456. The van der Waals surface area contributed by atoms with Gasteiger partial charge in [0, 0.05) is 0 Å². The Kier molecular flexibility index (Phi) is 5.08. The average molecular weight is 348 g/mol. The predicted octanol–water partition coefficient (Wildman–Crippen LogP) is 2.43. The van der Waals surface area contributed by atoms with Crippen LogP contribution in [0.5, 0.6) is 5.75 Å². The van der Waals surface area contributed by atoms with Crippen molar-refractivity contribution in [2.24, 2.45) is 0 Å². The minimum atomic E-state index is -0.257. The van der Waals surface area contributed by atoms with Gasteiger partial charge in [0.15, 0.2) is 0 Å². The number of carbonyl (C=O) groups is 3. The van der Waals surface area contributed by atoms with Crippen LogP contribution in [0.3, 0.4) is 0 Å². The van der Waals surface area contributed by atoms with E-state index in [9.17, 15) is 14.4 Å². The fraction of sp³-hybridized carbons (Fsp3) is 0.471. The van der Waals surface area contributed by atoms with Gasteiger partial charge in [0.1, 0.15) is 5.75 Å². The maximum Gasteiger partial charge on any atom is 0.289 e. The van der Waals surface area contributed by atoms with Gasteiger partial charge in [0.05, 0.1) is 30.5 Å². The van der Waals surface area contributed by atoms with E-state index in [0.29, 0.717) is 11.3 Å². The largest absolute Gasteiger partial charge is 0.496 e. The number of nitrogens with one attached hydrogen (secondary N) is 1. The molecule has 1 saturated heterocycles. The Balaban J connectivity index is 1.77. The standard InChI is InChI=1S/C17H20N2O4S/c1-23-14-9-5-2-6-11(14)16(21)18-12-7-3-4-8-13(12)19-15(20)10-24-17(19)22/h2,5-6,9,12-13H,3-4,7-8,10H2,1H3,(H,18,21)/t12-,13+/m1/s1. The lowest BCUT2D eigenvalue weighted by atomic mass is 9.89. The summed E-state index contributed by atoms with van der Waals surface area (Å²) in [5, 5.41) is 2.80. The van der Waals surface area contributed by atoms with Crippen LogP contribution in [-0.2, 0) is 4.79 Å². The first-order valence-electron chi connectivity index (χ1n) is 8.04. The van der Waals surface area contributed by atoms with E-state index in [1.165, 1.54) is 12.0 Å². The number of amides is 3. The van der Waals surface area contributed by atoms with Crippen LogP contribution in [0.2, 0.25) is 0 Å². The summed E-state index contributed by atoms with van der Waals surface area (Å²) in [6.45, 7) is 0. The molecular formula is C17H20N2O4S. The quantitative estimate of drug-likeness (QED) is 0.904. The fourth-order valence-electron chi connectivity index (χ4n) is 3.35. The van der Waals surface area contributed by atoms with E-state index < -0.39 is 0 Å². The Morgan fingerprint density at radius 3 is 2.71 bits per heavy atom. The molecule has 7 heteroatoms. The van der Waals surface area contributed by atoms with Crippen molar-refractivity contribution in [2.45, 2.75) is 37.8 Å². The number of rotatable bonds is 4. The summed E-state index contributed by atoms with van der Waals surface area (Å²) in [5.74, 6) is 0.304. The monoisotopic (exact) mass is 348 g/mol. The topological polar surface area (TPSA) is 75.7 Å². The molecule has 1 N–H and O–H groups in total. The zero-order valence-corrected chi connectivity index (χ0v) is 14.3. The van der Waals surface area contributed by atoms with Gasteiger partial charge in [0.25, 0.3) is 11.1 Å². The molecule has 1 aromatic rings. The summed E-state index contributed by atoms with van der Waals surface area (Å²) >= 11 is 1.04. The number of ether oxygens (including phenoxy) is 1. The number of hydrogen-bond donors (Lipinski definition) is 1. The third-order valence-corrected chi connectivity index (χ3v) is 5.35. The molecule has 1 aliphatic heterocycles. The summed E-state index contributed by atoms with van der Waals surface area (Å²) in [6.07, 6.45) is 3.41. The molecule has 0 unspecified atom stereocenters. The van der Waals surface area contributed by atoms with Crippen molar-refractivity contribution in [3.8, 4) is 5.75 Å². The van der Waals surface area contributed by atoms with Crippen LogP contribution < -0.4 is 10.1 Å². The highest BCUT2D eigenvalue weighted by atomic mass is 32.2. The van der Waals surface area contributed by atoms with Gasteiger partial charge in [-0.2, -0.15) is 0 Å². The molecule has 1 aromatic carbocycles. The summed E-state index contributed by atoms with van der Waals surface area (Å²) < 4.78 is 5.23. The number of hydrogen-bond acceptors (Lipinski definition) is 5. The molecule has 2 aliphatic rings. The van der Waals surface area contributed by atoms with E-state index >= 15 is 0 Å². The molecule has 3 amide bonds. The smallest absolute Gasteiger partial charge is 0.289 e. The second kappa shape index (κ2) is 7.25. The van der Waals surface area contributed by atoms with Gasteiger partial charge in [-0.3, -0.25) is 19.3 Å². The molecule has 6 nitrogen and oxygen atoms in total. The first-order valence-corrected chi connectivity index (χ1v) is 9.03. The number of carbonyl (C=O) groups excluding carboxylic acids is 3. The molecule has 0 radical (unpaired) electrons. The molecule has 0 bridgehead atoms. The summed E-state index contributed by atoms with van der Waals surface area (Å²) in [7, 11) is 1.52. The van der Waals surface area contributed by atoms with E-state index in [-0.39, 0.29) is 34.9 Å². The molecule has 1 heterocycles. The van der Waals surface area contributed by atoms with Gasteiger partial charge < -0.3 is 10.1 Å². The van der Waals surface area contributed by atoms with E-state index in [1.54, 1.807) is 24.3 Å². The van der Waals surface area contributed by atoms with E-state index in [0.717, 1.165) is 37.4 Å². The van der Waals surface area contributed by atoms with Crippen LogP contribution in [-0.4, -0.2) is 46.9 Å². The Morgan fingerprint density at radius 2 is 2.00 bits per heavy atom. The zero-order valence-electron chi connectivity index (χ0n) is 13.5. The minimum absolute atomic E-state index is 0.159. The van der Waals surface area contributed by atoms with Gasteiger partial charge in [-0.15, -0.1) is 0 Å². The van der Waals surface area contributed by atoms with Crippen molar-refractivity contribution in [2.75, 3.05) is 12.9 Å². The van der Waals surface area contributed by atoms with Gasteiger partial charge in [-0.1, -0.05) is 36.7 Å². The van der Waals surface area contributed by atoms with Gasteiger partial charge in [-0.25, -0.2) is 0 Å². The summed E-state index contributed by atoms with van der Waals surface area (Å²) in [6, 6.07) is 6.54. The highest BCUT2D eigenvalue weighted by Gasteiger charge is 2.41. The number of benzene rings is 1. The molecule has 0 spiro atoms.